The summed E-state index contributed by atoms with van der Waals surface area (Å²) >= 11 is 0. The lowest BCUT2D eigenvalue weighted by molar-refractivity contribution is -0.143. The molecule has 5 nitrogen and oxygen atoms in total. The smallest absolute Gasteiger partial charge is 0.270 e. The SMILES string of the molecule is C=CC[C@@H](O)C(=O)N1[C@@H]2C[C@H]3CC[C@]2(C(=O)N1c1ccccc1)C3(C)C. The highest BCUT2D eigenvalue weighted by molar-refractivity contribution is 6.05. The topological polar surface area (TPSA) is 60.9 Å². The Balaban J connectivity index is 1.83. The quantitative estimate of drug-likeness (QED) is 0.846. The van der Waals surface area contributed by atoms with Gasteiger partial charge in [0.25, 0.3) is 11.8 Å². The summed E-state index contributed by atoms with van der Waals surface area (Å²) < 4.78 is 0. The van der Waals surface area contributed by atoms with Crippen LogP contribution in [0, 0.1) is 16.7 Å². The fourth-order valence-electron chi connectivity index (χ4n) is 5.66. The Hall–Kier alpha value is -2.14. The number of anilines is 1. The number of amides is 2. The molecule has 1 saturated heterocycles. The van der Waals surface area contributed by atoms with E-state index in [0.717, 1.165) is 19.3 Å². The molecule has 5 heteroatoms. The van der Waals surface area contributed by atoms with Crippen LogP contribution in [0.5, 0.6) is 0 Å². The van der Waals surface area contributed by atoms with Crippen LogP contribution in [0.3, 0.4) is 0 Å². The van der Waals surface area contributed by atoms with Crippen molar-refractivity contribution in [2.24, 2.45) is 16.7 Å². The van der Waals surface area contributed by atoms with Gasteiger partial charge in [-0.2, -0.15) is 0 Å². The van der Waals surface area contributed by atoms with Crippen LogP contribution < -0.4 is 5.01 Å². The van der Waals surface area contributed by atoms with Crippen LogP contribution in [0.4, 0.5) is 5.69 Å². The normalized spacial score (nSPS) is 32.7. The van der Waals surface area contributed by atoms with Gasteiger partial charge in [0.1, 0.15) is 6.10 Å². The molecule has 2 aliphatic carbocycles. The number of aliphatic hydroxyl groups is 1. The van der Waals surface area contributed by atoms with Gasteiger partial charge in [-0.3, -0.25) is 9.59 Å². The van der Waals surface area contributed by atoms with Gasteiger partial charge in [0, 0.05) is 6.42 Å². The van der Waals surface area contributed by atoms with Crippen molar-refractivity contribution < 1.29 is 14.7 Å². The van der Waals surface area contributed by atoms with Crippen molar-refractivity contribution >= 4 is 17.5 Å². The van der Waals surface area contributed by atoms with Crippen LogP contribution in [-0.2, 0) is 9.59 Å². The van der Waals surface area contributed by atoms with E-state index in [1.807, 2.05) is 30.3 Å². The third kappa shape index (κ3) is 1.95. The van der Waals surface area contributed by atoms with Crippen molar-refractivity contribution in [3.05, 3.63) is 43.0 Å². The van der Waals surface area contributed by atoms with Gasteiger partial charge >= 0.3 is 0 Å². The van der Waals surface area contributed by atoms with Crippen molar-refractivity contribution in [1.82, 2.24) is 5.01 Å². The Bertz CT molecular complexity index is 760. The van der Waals surface area contributed by atoms with E-state index < -0.39 is 17.4 Å². The van der Waals surface area contributed by atoms with Gasteiger partial charge in [0.15, 0.2) is 0 Å². The maximum atomic E-state index is 13.7. The first-order chi connectivity index (χ1) is 12.4. The van der Waals surface area contributed by atoms with Crippen LogP contribution in [0.25, 0.3) is 0 Å². The lowest BCUT2D eigenvalue weighted by Gasteiger charge is -2.35. The highest BCUT2D eigenvalue weighted by atomic mass is 16.3. The average Bonchev–Trinajstić information content (AvgIpc) is 3.14. The minimum Gasteiger partial charge on any atom is -0.383 e. The van der Waals surface area contributed by atoms with E-state index in [1.165, 1.54) is 11.1 Å². The summed E-state index contributed by atoms with van der Waals surface area (Å²) in [6.45, 7) is 7.95. The van der Waals surface area contributed by atoms with E-state index in [1.54, 1.807) is 5.01 Å². The molecule has 26 heavy (non-hydrogen) atoms. The largest absolute Gasteiger partial charge is 0.383 e. The second kappa shape index (κ2) is 5.68. The van der Waals surface area contributed by atoms with E-state index in [2.05, 4.69) is 20.4 Å². The molecule has 1 N–H and O–H groups in total. The molecule has 1 aromatic carbocycles. The molecule has 1 spiro atoms. The Morgan fingerprint density at radius 3 is 2.69 bits per heavy atom. The van der Waals surface area contributed by atoms with E-state index in [9.17, 15) is 14.7 Å². The molecule has 3 fully saturated rings. The zero-order chi connectivity index (χ0) is 18.7. The number of rotatable bonds is 4. The van der Waals surface area contributed by atoms with Gasteiger partial charge in [-0.05, 0) is 42.7 Å². The van der Waals surface area contributed by atoms with Gasteiger partial charge in [-0.25, -0.2) is 10.0 Å². The molecule has 4 atom stereocenters. The van der Waals surface area contributed by atoms with Crippen LogP contribution in [0.15, 0.2) is 43.0 Å². The molecule has 1 aromatic rings. The fourth-order valence-corrected chi connectivity index (χ4v) is 5.66. The van der Waals surface area contributed by atoms with Crippen molar-refractivity contribution in [3.8, 4) is 0 Å². The first kappa shape index (κ1) is 17.3. The minimum absolute atomic E-state index is 0.00199. The molecule has 0 aromatic heterocycles. The zero-order valence-corrected chi connectivity index (χ0v) is 15.4. The molecular formula is C21H26N2O3. The summed E-state index contributed by atoms with van der Waals surface area (Å²) in [5.74, 6) is 0.0198. The second-order valence-electron chi connectivity index (χ2n) is 8.36. The van der Waals surface area contributed by atoms with E-state index in [-0.39, 0.29) is 23.8 Å². The fraction of sp³-hybridized carbons (Fsp3) is 0.524. The van der Waals surface area contributed by atoms with Gasteiger partial charge in [0.05, 0.1) is 17.1 Å². The van der Waals surface area contributed by atoms with Crippen LogP contribution in [0.1, 0.15) is 39.5 Å². The van der Waals surface area contributed by atoms with Crippen LogP contribution in [0.2, 0.25) is 0 Å². The lowest BCUT2D eigenvalue weighted by atomic mass is 9.67. The summed E-state index contributed by atoms with van der Waals surface area (Å²) in [4.78, 5) is 26.8. The Morgan fingerprint density at radius 2 is 2.08 bits per heavy atom. The molecule has 1 aliphatic heterocycles. The number of carbonyl (C=O) groups is 2. The number of para-hydroxylation sites is 1. The molecular weight excluding hydrogens is 328 g/mol. The molecule has 4 rings (SSSR count). The number of fused-ring (bicyclic) bond motifs is 1. The van der Waals surface area contributed by atoms with Crippen molar-refractivity contribution in [3.63, 3.8) is 0 Å². The number of carbonyl (C=O) groups excluding carboxylic acids is 2. The average molecular weight is 354 g/mol. The highest BCUT2D eigenvalue weighted by Gasteiger charge is 2.75. The van der Waals surface area contributed by atoms with Crippen molar-refractivity contribution in [1.29, 1.82) is 0 Å². The molecule has 1 heterocycles. The number of hydrazine groups is 1. The maximum absolute atomic E-state index is 13.7. The number of nitrogens with zero attached hydrogens (tertiary/aromatic N) is 2. The predicted molar refractivity (Wildman–Crippen MR) is 98.9 cm³/mol. The summed E-state index contributed by atoms with van der Waals surface area (Å²) in [6.07, 6.45) is 3.18. The highest BCUT2D eigenvalue weighted by Crippen LogP contribution is 2.70. The molecule has 0 radical (unpaired) electrons. The summed E-state index contributed by atoms with van der Waals surface area (Å²) in [6, 6.07) is 9.11. The Kier molecular flexibility index (Phi) is 3.77. The van der Waals surface area contributed by atoms with Gasteiger partial charge in [-0.1, -0.05) is 38.1 Å². The zero-order valence-electron chi connectivity index (χ0n) is 15.4. The van der Waals surface area contributed by atoms with Gasteiger partial charge < -0.3 is 5.11 Å². The lowest BCUT2D eigenvalue weighted by Crippen LogP contribution is -2.51. The molecule has 138 valence electrons. The van der Waals surface area contributed by atoms with Gasteiger partial charge in [-0.15, -0.1) is 6.58 Å². The van der Waals surface area contributed by atoms with Gasteiger partial charge in [0.2, 0.25) is 0 Å². The third-order valence-corrected chi connectivity index (χ3v) is 7.12. The number of hydrogen-bond donors (Lipinski definition) is 1. The van der Waals surface area contributed by atoms with Crippen molar-refractivity contribution in [2.75, 3.05) is 5.01 Å². The second-order valence-corrected chi connectivity index (χ2v) is 8.36. The van der Waals surface area contributed by atoms with E-state index in [0.29, 0.717) is 11.6 Å². The number of hydrogen-bond acceptors (Lipinski definition) is 3. The monoisotopic (exact) mass is 354 g/mol. The first-order valence-corrected chi connectivity index (χ1v) is 9.38. The van der Waals surface area contributed by atoms with Crippen molar-refractivity contribution in [2.45, 2.75) is 51.7 Å². The predicted octanol–water partition coefficient (Wildman–Crippen LogP) is 2.91. The molecule has 3 aliphatic rings. The van der Waals surface area contributed by atoms with Crippen LogP contribution >= 0.6 is 0 Å². The standard InChI is InChI=1S/C21H26N2O3/c1-4-8-16(24)18(25)23-17-13-14-11-12-21(17,20(14,2)3)19(26)22(23)15-9-6-5-7-10-15/h4-7,9-10,14,16-17,24H,1,8,11-13H2,2-3H3/t14-,16-,17-,21+/m1/s1. The van der Waals surface area contributed by atoms with E-state index in [4.69, 9.17) is 0 Å². The Morgan fingerprint density at radius 1 is 1.38 bits per heavy atom. The Labute approximate surface area is 154 Å². The summed E-state index contributed by atoms with van der Waals surface area (Å²) in [7, 11) is 0. The summed E-state index contributed by atoms with van der Waals surface area (Å²) in [5.41, 5.74) is -0.0308. The maximum Gasteiger partial charge on any atom is 0.270 e. The summed E-state index contributed by atoms with van der Waals surface area (Å²) in [5, 5.41) is 13.4. The molecule has 2 saturated carbocycles. The number of benzene rings is 1. The van der Waals surface area contributed by atoms with E-state index >= 15 is 0 Å². The van der Waals surface area contributed by atoms with Crippen LogP contribution in [-0.4, -0.2) is 34.1 Å². The first-order valence-electron chi connectivity index (χ1n) is 9.38. The third-order valence-electron chi connectivity index (χ3n) is 7.12. The minimum atomic E-state index is -1.18. The molecule has 2 bridgehead atoms. The number of aliphatic hydroxyl groups excluding tert-OH is 1. The molecule has 0 unspecified atom stereocenters. The molecule has 2 amide bonds.